The number of fused-ring (bicyclic) bond motifs is 1. The molecule has 0 saturated carbocycles. The standard InChI is InChI=1S/C13H18O2/c1-13(2)11-5-4-10(8-12(11)13)9-15-7-6-14-3/h4-5,8H,6-7,9H2,1-3H3. The number of methoxy groups -OCH3 is 1. The largest absolute Gasteiger partial charge is 0.382 e. The van der Waals surface area contributed by atoms with E-state index in [-0.39, 0.29) is 0 Å². The molecular weight excluding hydrogens is 188 g/mol. The van der Waals surface area contributed by atoms with Gasteiger partial charge in [0.1, 0.15) is 0 Å². The Morgan fingerprint density at radius 1 is 1.13 bits per heavy atom. The minimum absolute atomic E-state index is 0.310. The van der Waals surface area contributed by atoms with Crippen LogP contribution >= 0.6 is 0 Å². The molecule has 15 heavy (non-hydrogen) atoms. The predicted molar refractivity (Wildman–Crippen MR) is 60.1 cm³/mol. The maximum atomic E-state index is 5.48. The van der Waals surface area contributed by atoms with Crippen LogP contribution in [0.4, 0.5) is 0 Å². The molecule has 0 N–H and O–H groups in total. The van der Waals surface area contributed by atoms with Gasteiger partial charge in [0.2, 0.25) is 0 Å². The smallest absolute Gasteiger partial charge is 0.0718 e. The number of rotatable bonds is 5. The van der Waals surface area contributed by atoms with Crippen LogP contribution in [0.3, 0.4) is 0 Å². The Hall–Kier alpha value is -0.860. The summed E-state index contributed by atoms with van der Waals surface area (Å²) >= 11 is 0. The molecule has 1 aliphatic rings. The molecule has 2 rings (SSSR count). The van der Waals surface area contributed by atoms with Crippen molar-refractivity contribution >= 4 is 0 Å². The fourth-order valence-electron chi connectivity index (χ4n) is 1.93. The molecule has 1 aliphatic carbocycles. The summed E-state index contributed by atoms with van der Waals surface area (Å²) in [6.07, 6.45) is 0. The Balaban J connectivity index is 1.87. The number of ether oxygens (including phenoxy) is 2. The van der Waals surface area contributed by atoms with E-state index in [2.05, 4.69) is 32.0 Å². The van der Waals surface area contributed by atoms with Gasteiger partial charge in [0.25, 0.3) is 0 Å². The van der Waals surface area contributed by atoms with Crippen LogP contribution in [0, 0.1) is 0 Å². The minimum Gasteiger partial charge on any atom is -0.382 e. The summed E-state index contributed by atoms with van der Waals surface area (Å²) in [4.78, 5) is 0. The highest BCUT2D eigenvalue weighted by molar-refractivity contribution is 5.58. The molecule has 0 spiro atoms. The fraction of sp³-hybridized carbons (Fsp3) is 0.538. The van der Waals surface area contributed by atoms with E-state index in [4.69, 9.17) is 9.47 Å². The Morgan fingerprint density at radius 2 is 1.93 bits per heavy atom. The number of hydrogen-bond donors (Lipinski definition) is 0. The second-order valence-electron chi connectivity index (χ2n) is 4.55. The number of hydrogen-bond acceptors (Lipinski definition) is 2. The molecule has 0 atom stereocenters. The first kappa shape index (κ1) is 10.7. The van der Waals surface area contributed by atoms with Gasteiger partial charge in [-0.2, -0.15) is 0 Å². The van der Waals surface area contributed by atoms with Gasteiger partial charge in [-0.1, -0.05) is 32.0 Å². The summed E-state index contributed by atoms with van der Waals surface area (Å²) in [5.74, 6) is 0. The van der Waals surface area contributed by atoms with Crippen molar-refractivity contribution in [2.75, 3.05) is 20.3 Å². The van der Waals surface area contributed by atoms with Crippen molar-refractivity contribution in [3.05, 3.63) is 34.9 Å². The van der Waals surface area contributed by atoms with Crippen LogP contribution in [-0.4, -0.2) is 20.3 Å². The second kappa shape index (κ2) is 3.95. The zero-order valence-corrected chi connectivity index (χ0v) is 9.67. The third-order valence-corrected chi connectivity index (χ3v) is 3.07. The lowest BCUT2D eigenvalue weighted by Crippen LogP contribution is -2.01. The molecule has 0 fully saturated rings. The lowest BCUT2D eigenvalue weighted by molar-refractivity contribution is 0.0616. The van der Waals surface area contributed by atoms with Gasteiger partial charge >= 0.3 is 0 Å². The highest BCUT2D eigenvalue weighted by Gasteiger charge is 2.40. The highest BCUT2D eigenvalue weighted by atomic mass is 16.5. The van der Waals surface area contributed by atoms with Crippen molar-refractivity contribution in [3.8, 4) is 0 Å². The lowest BCUT2D eigenvalue weighted by atomic mass is 10.1. The van der Waals surface area contributed by atoms with Gasteiger partial charge in [-0.05, 0) is 16.7 Å². The van der Waals surface area contributed by atoms with E-state index < -0.39 is 0 Å². The van der Waals surface area contributed by atoms with Crippen LogP contribution in [0.2, 0.25) is 0 Å². The SMILES string of the molecule is COCCOCc1ccc2c(c1)C2(C)C. The molecule has 1 aromatic rings. The van der Waals surface area contributed by atoms with Gasteiger partial charge < -0.3 is 9.47 Å². The van der Waals surface area contributed by atoms with Crippen molar-refractivity contribution in [3.63, 3.8) is 0 Å². The normalized spacial score (nSPS) is 16.2. The Bertz CT molecular complexity index is 356. The van der Waals surface area contributed by atoms with Crippen LogP contribution in [0.15, 0.2) is 18.2 Å². The first-order chi connectivity index (χ1) is 7.16. The van der Waals surface area contributed by atoms with E-state index in [0.717, 1.165) is 0 Å². The molecule has 0 aliphatic heterocycles. The van der Waals surface area contributed by atoms with Crippen LogP contribution in [0.1, 0.15) is 30.5 Å². The number of benzene rings is 1. The van der Waals surface area contributed by atoms with Crippen LogP contribution in [0.25, 0.3) is 0 Å². The lowest BCUT2D eigenvalue weighted by Gasteiger charge is -2.02. The minimum atomic E-state index is 0.310. The molecule has 0 radical (unpaired) electrons. The molecule has 0 bridgehead atoms. The van der Waals surface area contributed by atoms with Crippen molar-refractivity contribution < 1.29 is 9.47 Å². The van der Waals surface area contributed by atoms with Crippen LogP contribution in [-0.2, 0) is 21.5 Å². The van der Waals surface area contributed by atoms with Gasteiger partial charge in [-0.3, -0.25) is 0 Å². The van der Waals surface area contributed by atoms with Gasteiger partial charge in [0.05, 0.1) is 19.8 Å². The molecule has 82 valence electrons. The summed E-state index contributed by atoms with van der Waals surface area (Å²) in [6.45, 7) is 6.53. The summed E-state index contributed by atoms with van der Waals surface area (Å²) < 4.78 is 10.4. The molecular formula is C13H18O2. The van der Waals surface area contributed by atoms with Crippen molar-refractivity contribution in [2.45, 2.75) is 25.9 Å². The van der Waals surface area contributed by atoms with Crippen molar-refractivity contribution in [1.29, 1.82) is 0 Å². The van der Waals surface area contributed by atoms with Crippen LogP contribution < -0.4 is 0 Å². The zero-order valence-electron chi connectivity index (χ0n) is 9.67. The van der Waals surface area contributed by atoms with E-state index in [9.17, 15) is 0 Å². The van der Waals surface area contributed by atoms with E-state index in [1.165, 1.54) is 16.7 Å². The van der Waals surface area contributed by atoms with Crippen LogP contribution in [0.5, 0.6) is 0 Å². The van der Waals surface area contributed by atoms with E-state index in [1.54, 1.807) is 7.11 Å². The first-order valence-corrected chi connectivity index (χ1v) is 5.37. The average Bonchev–Trinajstić information content (AvgIpc) is 2.77. The Labute approximate surface area is 91.2 Å². The summed E-state index contributed by atoms with van der Waals surface area (Å²) in [7, 11) is 1.69. The molecule has 0 unspecified atom stereocenters. The van der Waals surface area contributed by atoms with Gasteiger partial charge in [0.15, 0.2) is 0 Å². The van der Waals surface area contributed by atoms with Gasteiger partial charge in [0, 0.05) is 12.5 Å². The zero-order chi connectivity index (χ0) is 10.9. The first-order valence-electron chi connectivity index (χ1n) is 5.37. The summed E-state index contributed by atoms with van der Waals surface area (Å²) in [5, 5.41) is 0. The predicted octanol–water partition coefficient (Wildman–Crippen LogP) is 2.49. The van der Waals surface area contributed by atoms with Gasteiger partial charge in [-0.25, -0.2) is 0 Å². The molecule has 0 saturated heterocycles. The average molecular weight is 206 g/mol. The molecule has 2 heteroatoms. The molecule has 0 heterocycles. The van der Waals surface area contributed by atoms with E-state index in [1.807, 2.05) is 0 Å². The Kier molecular flexibility index (Phi) is 2.81. The summed E-state index contributed by atoms with van der Waals surface area (Å²) in [5.41, 5.74) is 4.51. The van der Waals surface area contributed by atoms with Crippen molar-refractivity contribution in [2.24, 2.45) is 0 Å². The van der Waals surface area contributed by atoms with E-state index >= 15 is 0 Å². The molecule has 0 amide bonds. The quantitative estimate of drug-likeness (QED) is 0.689. The summed E-state index contributed by atoms with van der Waals surface area (Å²) in [6, 6.07) is 6.62. The monoisotopic (exact) mass is 206 g/mol. The maximum absolute atomic E-state index is 5.48. The highest BCUT2D eigenvalue weighted by Crippen LogP contribution is 2.49. The third kappa shape index (κ3) is 2.06. The van der Waals surface area contributed by atoms with E-state index in [0.29, 0.717) is 25.2 Å². The fourth-order valence-corrected chi connectivity index (χ4v) is 1.93. The Morgan fingerprint density at radius 3 is 2.60 bits per heavy atom. The third-order valence-electron chi connectivity index (χ3n) is 3.07. The van der Waals surface area contributed by atoms with Crippen molar-refractivity contribution in [1.82, 2.24) is 0 Å². The second-order valence-corrected chi connectivity index (χ2v) is 4.55. The topological polar surface area (TPSA) is 18.5 Å². The van der Waals surface area contributed by atoms with Gasteiger partial charge in [-0.15, -0.1) is 0 Å². The molecule has 1 aromatic carbocycles. The molecule has 0 aromatic heterocycles. The maximum Gasteiger partial charge on any atom is 0.0718 e. The molecule has 2 nitrogen and oxygen atoms in total.